The number of aryl methyl sites for hydroxylation is 1. The highest BCUT2D eigenvalue weighted by molar-refractivity contribution is 6.05. The van der Waals surface area contributed by atoms with Gasteiger partial charge in [-0.25, -0.2) is 4.79 Å². The molecule has 0 saturated carbocycles. The van der Waals surface area contributed by atoms with Gasteiger partial charge in [-0.15, -0.1) is 0 Å². The molecule has 2 rings (SSSR count). The number of carbonyl (C=O) groups excluding carboxylic acids is 2. The molecule has 1 aliphatic rings. The summed E-state index contributed by atoms with van der Waals surface area (Å²) in [6.07, 6.45) is 3.54. The van der Waals surface area contributed by atoms with Gasteiger partial charge in [0.2, 0.25) is 0 Å². The minimum atomic E-state index is -0.430. The summed E-state index contributed by atoms with van der Waals surface area (Å²) in [5.41, 5.74) is 2.44. The molecule has 2 heterocycles. The maximum atomic E-state index is 12.8. The fraction of sp³-hybridized carbons (Fsp3) is 0.625. The highest BCUT2D eigenvalue weighted by Gasteiger charge is 2.29. The van der Waals surface area contributed by atoms with Crippen LogP contribution in [0.2, 0.25) is 0 Å². The number of nitrogens with zero attached hydrogens (tertiary/aromatic N) is 1. The third-order valence-electron chi connectivity index (χ3n) is 4.39. The number of ether oxygens (including phenoxy) is 1. The Morgan fingerprint density at radius 1 is 1.19 bits per heavy atom. The summed E-state index contributed by atoms with van der Waals surface area (Å²) in [6, 6.07) is -0.149. The molecule has 5 nitrogen and oxygen atoms in total. The fourth-order valence-electron chi connectivity index (χ4n) is 3.11. The van der Waals surface area contributed by atoms with E-state index < -0.39 is 5.97 Å². The molecule has 1 aromatic rings. The third kappa shape index (κ3) is 3.02. The van der Waals surface area contributed by atoms with E-state index in [1.54, 1.807) is 6.92 Å². The van der Waals surface area contributed by atoms with Crippen LogP contribution < -0.4 is 0 Å². The summed E-state index contributed by atoms with van der Waals surface area (Å²) in [5, 5.41) is 0. The number of aromatic nitrogens is 1. The Labute approximate surface area is 125 Å². The number of likely N-dealkylation sites (tertiary alicyclic amines) is 1. The second-order valence-electron chi connectivity index (χ2n) is 5.75. The lowest BCUT2D eigenvalue weighted by Crippen LogP contribution is -2.42. The lowest BCUT2D eigenvalue weighted by molar-refractivity contribution is 0.0594. The molecule has 0 amide bonds. The Morgan fingerprint density at radius 2 is 1.81 bits per heavy atom. The van der Waals surface area contributed by atoms with Gasteiger partial charge in [-0.1, -0.05) is 6.42 Å². The number of rotatable bonds is 4. The van der Waals surface area contributed by atoms with Crippen molar-refractivity contribution in [2.24, 2.45) is 0 Å². The summed E-state index contributed by atoms with van der Waals surface area (Å²) >= 11 is 0. The Hall–Kier alpha value is -1.62. The van der Waals surface area contributed by atoms with E-state index in [1.807, 2.05) is 13.8 Å². The van der Waals surface area contributed by atoms with Crippen LogP contribution in [-0.2, 0) is 4.74 Å². The molecule has 0 radical (unpaired) electrons. The quantitative estimate of drug-likeness (QED) is 0.684. The molecule has 1 atom stereocenters. The molecule has 1 unspecified atom stereocenters. The molecule has 0 bridgehead atoms. The van der Waals surface area contributed by atoms with Gasteiger partial charge in [0.25, 0.3) is 0 Å². The van der Waals surface area contributed by atoms with Crippen LogP contribution in [0.15, 0.2) is 0 Å². The Morgan fingerprint density at radius 3 is 2.38 bits per heavy atom. The highest BCUT2D eigenvalue weighted by Crippen LogP contribution is 2.23. The molecule has 5 heteroatoms. The monoisotopic (exact) mass is 292 g/mol. The van der Waals surface area contributed by atoms with Gasteiger partial charge >= 0.3 is 5.97 Å². The third-order valence-corrected chi connectivity index (χ3v) is 4.39. The summed E-state index contributed by atoms with van der Waals surface area (Å²) < 4.78 is 4.75. The molecule has 116 valence electrons. The van der Waals surface area contributed by atoms with Crippen LogP contribution in [0, 0.1) is 13.8 Å². The number of hydrogen-bond donors (Lipinski definition) is 1. The average molecular weight is 292 g/mol. The van der Waals surface area contributed by atoms with Crippen LogP contribution in [0.5, 0.6) is 0 Å². The molecule has 0 aliphatic carbocycles. The van der Waals surface area contributed by atoms with Gasteiger partial charge in [-0.05, 0) is 52.3 Å². The summed E-state index contributed by atoms with van der Waals surface area (Å²) in [7, 11) is 1.34. The molecule has 1 saturated heterocycles. The predicted octanol–water partition coefficient (Wildman–Crippen LogP) is 2.48. The maximum absolute atomic E-state index is 12.8. The number of methoxy groups -OCH3 is 1. The molecule has 0 spiro atoms. The summed E-state index contributed by atoms with van der Waals surface area (Å²) in [5.74, 6) is -0.349. The number of nitrogens with one attached hydrogen (secondary N) is 1. The van der Waals surface area contributed by atoms with Crippen LogP contribution in [0.3, 0.4) is 0 Å². The second kappa shape index (κ2) is 6.43. The number of aromatic amines is 1. The van der Waals surface area contributed by atoms with Gasteiger partial charge in [-0.3, -0.25) is 9.69 Å². The number of Topliss-reactive ketones (excluding diaryl/α,β-unsaturated/α-hetero) is 1. The van der Waals surface area contributed by atoms with Gasteiger partial charge in [0, 0.05) is 11.3 Å². The minimum Gasteiger partial charge on any atom is -0.464 e. The van der Waals surface area contributed by atoms with E-state index in [9.17, 15) is 9.59 Å². The molecular weight excluding hydrogens is 268 g/mol. The first-order valence-electron chi connectivity index (χ1n) is 7.53. The van der Waals surface area contributed by atoms with E-state index in [1.165, 1.54) is 13.5 Å². The van der Waals surface area contributed by atoms with Crippen molar-refractivity contribution < 1.29 is 14.3 Å². The molecule has 0 aromatic carbocycles. The number of esters is 1. The number of carbonyl (C=O) groups is 2. The van der Waals surface area contributed by atoms with Gasteiger partial charge < -0.3 is 9.72 Å². The molecule has 1 aromatic heterocycles. The zero-order chi connectivity index (χ0) is 15.6. The maximum Gasteiger partial charge on any atom is 0.354 e. The normalized spacial score (nSPS) is 17.5. The van der Waals surface area contributed by atoms with E-state index in [0.717, 1.165) is 31.6 Å². The van der Waals surface area contributed by atoms with Gasteiger partial charge in [-0.2, -0.15) is 0 Å². The zero-order valence-electron chi connectivity index (χ0n) is 13.3. The van der Waals surface area contributed by atoms with Gasteiger partial charge in [0.15, 0.2) is 5.78 Å². The zero-order valence-corrected chi connectivity index (χ0v) is 13.3. The van der Waals surface area contributed by atoms with Crippen molar-refractivity contribution in [3.8, 4) is 0 Å². The Balaban J connectivity index is 2.26. The van der Waals surface area contributed by atoms with Crippen molar-refractivity contribution in [2.75, 3.05) is 20.2 Å². The second-order valence-corrected chi connectivity index (χ2v) is 5.75. The number of piperidine rings is 1. The van der Waals surface area contributed by atoms with E-state index in [-0.39, 0.29) is 11.8 Å². The molecular formula is C16H24N2O3. The molecule has 1 aliphatic heterocycles. The van der Waals surface area contributed by atoms with Crippen molar-refractivity contribution in [1.82, 2.24) is 9.88 Å². The predicted molar refractivity (Wildman–Crippen MR) is 80.8 cm³/mol. The lowest BCUT2D eigenvalue weighted by Gasteiger charge is -2.31. The van der Waals surface area contributed by atoms with Crippen molar-refractivity contribution in [1.29, 1.82) is 0 Å². The SMILES string of the molecule is COC(=O)c1[nH]c(C)c(C(=O)C(C)N2CCCCC2)c1C. The van der Waals surface area contributed by atoms with E-state index >= 15 is 0 Å². The van der Waals surface area contributed by atoms with Crippen molar-refractivity contribution >= 4 is 11.8 Å². The van der Waals surface area contributed by atoms with Crippen LogP contribution in [0.25, 0.3) is 0 Å². The van der Waals surface area contributed by atoms with Crippen LogP contribution >= 0.6 is 0 Å². The van der Waals surface area contributed by atoms with Crippen molar-refractivity contribution in [2.45, 2.75) is 46.1 Å². The van der Waals surface area contributed by atoms with Gasteiger partial charge in [0.05, 0.1) is 13.2 Å². The van der Waals surface area contributed by atoms with Gasteiger partial charge in [0.1, 0.15) is 5.69 Å². The number of H-pyrrole nitrogens is 1. The lowest BCUT2D eigenvalue weighted by atomic mass is 9.98. The summed E-state index contributed by atoms with van der Waals surface area (Å²) in [4.78, 5) is 29.7. The van der Waals surface area contributed by atoms with Crippen molar-refractivity contribution in [3.63, 3.8) is 0 Å². The Kier molecular flexibility index (Phi) is 4.83. The number of ketones is 1. The first kappa shape index (κ1) is 15.8. The van der Waals surface area contributed by atoms with Crippen LogP contribution in [-0.4, -0.2) is 47.9 Å². The molecule has 1 N–H and O–H groups in total. The first-order chi connectivity index (χ1) is 9.97. The topological polar surface area (TPSA) is 62.4 Å². The van der Waals surface area contributed by atoms with Crippen LogP contribution in [0.1, 0.15) is 58.3 Å². The standard InChI is InChI=1S/C16H24N2O3/c1-10-13(11(2)17-14(10)16(20)21-4)15(19)12(3)18-8-6-5-7-9-18/h12,17H,5-9H2,1-4H3. The van der Waals surface area contributed by atoms with E-state index in [4.69, 9.17) is 4.74 Å². The van der Waals surface area contributed by atoms with Crippen LogP contribution in [0.4, 0.5) is 0 Å². The smallest absolute Gasteiger partial charge is 0.354 e. The molecule has 1 fully saturated rings. The average Bonchev–Trinajstić information content (AvgIpc) is 2.80. The van der Waals surface area contributed by atoms with E-state index in [0.29, 0.717) is 16.8 Å². The number of hydrogen-bond acceptors (Lipinski definition) is 4. The Bertz CT molecular complexity index is 542. The first-order valence-corrected chi connectivity index (χ1v) is 7.53. The van der Waals surface area contributed by atoms with Crippen molar-refractivity contribution in [3.05, 3.63) is 22.5 Å². The molecule has 21 heavy (non-hydrogen) atoms. The minimum absolute atomic E-state index is 0.0818. The largest absolute Gasteiger partial charge is 0.464 e. The summed E-state index contributed by atoms with van der Waals surface area (Å²) in [6.45, 7) is 7.53. The fourth-order valence-corrected chi connectivity index (χ4v) is 3.11. The van der Waals surface area contributed by atoms with E-state index in [2.05, 4.69) is 9.88 Å². The highest BCUT2D eigenvalue weighted by atomic mass is 16.5.